The molecule has 0 unspecified atom stereocenters. The number of amides is 1. The van der Waals surface area contributed by atoms with E-state index in [9.17, 15) is 4.79 Å². The maximum atomic E-state index is 13.1. The number of oxime groups is 1. The molecule has 0 radical (unpaired) electrons. The van der Waals surface area contributed by atoms with Crippen molar-refractivity contribution < 1.29 is 9.63 Å². The smallest absolute Gasteiger partial charge is 0.257 e. The van der Waals surface area contributed by atoms with Crippen LogP contribution in [0, 0.1) is 11.8 Å². The molecular formula is C22H36N4O2. The fourth-order valence-electron chi connectivity index (χ4n) is 5.12. The largest absolute Gasteiger partial charge is 0.392 e. The third-order valence-electron chi connectivity index (χ3n) is 6.68. The molecule has 6 heteroatoms. The van der Waals surface area contributed by atoms with Crippen LogP contribution >= 0.6 is 0 Å². The molecule has 0 saturated heterocycles. The standard InChI is InChI=1S/C22H36N4O2/c1-3-14-28-25-19-11-7-10-18(15-19)16-22(20(27)26(2)21(23)24-22)13-12-17-8-5-4-6-9-17/h3,17-18H,1,4-16H2,2H3,(H2,23,24)/b25-19-/t18-,22-/m1/s1. The van der Waals surface area contributed by atoms with Gasteiger partial charge in [0, 0.05) is 7.05 Å². The molecule has 3 aliphatic rings. The predicted octanol–water partition coefficient (Wildman–Crippen LogP) is 4.01. The molecule has 2 atom stereocenters. The van der Waals surface area contributed by atoms with Gasteiger partial charge in [-0.25, -0.2) is 4.99 Å². The van der Waals surface area contributed by atoms with E-state index in [1.54, 1.807) is 18.0 Å². The van der Waals surface area contributed by atoms with Gasteiger partial charge in [0.15, 0.2) is 5.96 Å². The third kappa shape index (κ3) is 4.95. The number of hydrogen-bond donors (Lipinski definition) is 1. The number of nitrogens with zero attached hydrogens (tertiary/aromatic N) is 3. The minimum atomic E-state index is -0.675. The van der Waals surface area contributed by atoms with Gasteiger partial charge >= 0.3 is 0 Å². The maximum Gasteiger partial charge on any atom is 0.257 e. The Morgan fingerprint density at radius 3 is 2.71 bits per heavy atom. The SMILES string of the molecule is C=CCO/N=C1/CCC[C@@H](C[C@@]2(CCC3CCCCC3)N=C(N)N(C)C2=O)C1. The summed E-state index contributed by atoms with van der Waals surface area (Å²) in [5.41, 5.74) is 6.49. The number of carbonyl (C=O) groups excluding carboxylic acids is 1. The van der Waals surface area contributed by atoms with Crippen LogP contribution in [0.2, 0.25) is 0 Å². The molecule has 6 nitrogen and oxygen atoms in total. The summed E-state index contributed by atoms with van der Waals surface area (Å²) in [4.78, 5) is 24.7. The van der Waals surface area contributed by atoms with Crippen LogP contribution in [0.15, 0.2) is 22.8 Å². The lowest BCUT2D eigenvalue weighted by Gasteiger charge is -2.33. The van der Waals surface area contributed by atoms with Crippen molar-refractivity contribution in [3.05, 3.63) is 12.7 Å². The van der Waals surface area contributed by atoms with Crippen molar-refractivity contribution in [3.8, 4) is 0 Å². The quantitative estimate of drug-likeness (QED) is 0.387. The van der Waals surface area contributed by atoms with Crippen molar-refractivity contribution in [2.75, 3.05) is 13.7 Å². The highest BCUT2D eigenvalue weighted by molar-refractivity contribution is 6.06. The Hall–Kier alpha value is -1.85. The van der Waals surface area contributed by atoms with Gasteiger partial charge < -0.3 is 10.6 Å². The second kappa shape index (κ2) is 9.57. The number of likely N-dealkylation sites (N-methyl/N-ethyl adjacent to an activating group) is 1. The lowest BCUT2D eigenvalue weighted by atomic mass is 9.75. The lowest BCUT2D eigenvalue weighted by Crippen LogP contribution is -2.44. The average molecular weight is 389 g/mol. The molecule has 0 bridgehead atoms. The fraction of sp³-hybridized carbons (Fsp3) is 0.773. The lowest BCUT2D eigenvalue weighted by molar-refractivity contribution is -0.131. The van der Waals surface area contributed by atoms with E-state index in [0.29, 0.717) is 18.5 Å². The monoisotopic (exact) mass is 388 g/mol. The molecule has 28 heavy (non-hydrogen) atoms. The van der Waals surface area contributed by atoms with Crippen LogP contribution in [0.4, 0.5) is 0 Å². The first-order valence-electron chi connectivity index (χ1n) is 11.0. The summed E-state index contributed by atoms with van der Waals surface area (Å²) in [5, 5.41) is 4.28. The summed E-state index contributed by atoms with van der Waals surface area (Å²) < 4.78 is 0. The minimum Gasteiger partial charge on any atom is -0.392 e. The van der Waals surface area contributed by atoms with Crippen molar-refractivity contribution in [2.24, 2.45) is 27.7 Å². The average Bonchev–Trinajstić information content (AvgIpc) is 2.92. The Balaban J connectivity index is 1.68. The zero-order valence-electron chi connectivity index (χ0n) is 17.4. The topological polar surface area (TPSA) is 80.3 Å². The second-order valence-electron chi connectivity index (χ2n) is 8.82. The van der Waals surface area contributed by atoms with Crippen molar-refractivity contribution in [3.63, 3.8) is 0 Å². The molecule has 0 aromatic heterocycles. The molecule has 2 fully saturated rings. The van der Waals surface area contributed by atoms with Crippen LogP contribution in [0.5, 0.6) is 0 Å². The van der Waals surface area contributed by atoms with Crippen molar-refractivity contribution in [1.29, 1.82) is 0 Å². The predicted molar refractivity (Wildman–Crippen MR) is 113 cm³/mol. The molecular weight excluding hydrogens is 352 g/mol. The molecule has 0 aromatic carbocycles. The van der Waals surface area contributed by atoms with Gasteiger partial charge in [-0.15, -0.1) is 0 Å². The molecule has 0 aromatic rings. The first kappa shape index (κ1) is 20.9. The first-order chi connectivity index (χ1) is 13.5. The number of aliphatic imine (C=N–C) groups is 1. The molecule has 1 heterocycles. The number of carbonyl (C=O) groups is 1. The molecule has 1 aliphatic heterocycles. The Morgan fingerprint density at radius 2 is 2.04 bits per heavy atom. The first-order valence-corrected chi connectivity index (χ1v) is 11.0. The Morgan fingerprint density at radius 1 is 1.29 bits per heavy atom. The zero-order valence-corrected chi connectivity index (χ0v) is 17.4. The van der Waals surface area contributed by atoms with Crippen LogP contribution < -0.4 is 5.73 Å². The normalized spacial score (nSPS) is 30.5. The molecule has 2 N–H and O–H groups in total. The third-order valence-corrected chi connectivity index (χ3v) is 6.68. The van der Waals surface area contributed by atoms with Crippen LogP contribution in [0.3, 0.4) is 0 Å². The van der Waals surface area contributed by atoms with Gasteiger partial charge in [-0.2, -0.15) is 0 Å². The number of guanidine groups is 1. The summed E-state index contributed by atoms with van der Waals surface area (Å²) in [7, 11) is 1.75. The van der Waals surface area contributed by atoms with E-state index in [1.165, 1.54) is 32.1 Å². The van der Waals surface area contributed by atoms with Crippen molar-refractivity contribution in [2.45, 2.75) is 82.6 Å². The van der Waals surface area contributed by atoms with E-state index in [-0.39, 0.29) is 5.91 Å². The molecule has 3 rings (SSSR count). The summed E-state index contributed by atoms with van der Waals surface area (Å²) in [6.07, 6.45) is 15.0. The Kier molecular flexibility index (Phi) is 7.13. The molecule has 156 valence electrons. The summed E-state index contributed by atoms with van der Waals surface area (Å²) >= 11 is 0. The fourth-order valence-corrected chi connectivity index (χ4v) is 5.12. The summed E-state index contributed by atoms with van der Waals surface area (Å²) in [6, 6.07) is 0. The van der Waals surface area contributed by atoms with E-state index in [4.69, 9.17) is 15.6 Å². The Bertz CT molecular complexity index is 624. The van der Waals surface area contributed by atoms with Gasteiger partial charge in [0.05, 0.1) is 5.71 Å². The molecule has 1 amide bonds. The molecule has 2 aliphatic carbocycles. The van der Waals surface area contributed by atoms with Gasteiger partial charge in [-0.3, -0.25) is 9.69 Å². The second-order valence-corrected chi connectivity index (χ2v) is 8.82. The van der Waals surface area contributed by atoms with Crippen molar-refractivity contribution >= 4 is 17.6 Å². The van der Waals surface area contributed by atoms with Gasteiger partial charge in [-0.05, 0) is 56.8 Å². The maximum absolute atomic E-state index is 13.1. The van der Waals surface area contributed by atoms with Crippen LogP contribution in [0.25, 0.3) is 0 Å². The highest BCUT2D eigenvalue weighted by atomic mass is 16.6. The zero-order chi connectivity index (χ0) is 20.0. The van der Waals surface area contributed by atoms with E-state index in [2.05, 4.69) is 11.7 Å². The van der Waals surface area contributed by atoms with Gasteiger partial charge in [0.25, 0.3) is 5.91 Å². The highest BCUT2D eigenvalue weighted by Crippen LogP contribution is 2.40. The van der Waals surface area contributed by atoms with Crippen LogP contribution in [-0.2, 0) is 9.63 Å². The van der Waals surface area contributed by atoms with Gasteiger partial charge in [0.2, 0.25) is 0 Å². The van der Waals surface area contributed by atoms with E-state index < -0.39 is 5.54 Å². The number of hydrogen-bond acceptors (Lipinski definition) is 5. The van der Waals surface area contributed by atoms with Crippen LogP contribution in [-0.4, -0.2) is 41.7 Å². The molecule has 0 spiro atoms. The summed E-state index contributed by atoms with van der Waals surface area (Å²) in [5.74, 6) is 1.58. The summed E-state index contributed by atoms with van der Waals surface area (Å²) in [6.45, 7) is 4.09. The van der Waals surface area contributed by atoms with Gasteiger partial charge in [-0.1, -0.05) is 49.9 Å². The van der Waals surface area contributed by atoms with Crippen LogP contribution in [0.1, 0.15) is 77.0 Å². The van der Waals surface area contributed by atoms with Crippen molar-refractivity contribution in [1.82, 2.24) is 4.90 Å². The minimum absolute atomic E-state index is 0.0766. The van der Waals surface area contributed by atoms with E-state index in [0.717, 1.165) is 56.6 Å². The van der Waals surface area contributed by atoms with Gasteiger partial charge in [0.1, 0.15) is 12.1 Å². The van der Waals surface area contributed by atoms with E-state index >= 15 is 0 Å². The number of nitrogens with two attached hydrogens (primary N) is 1. The number of rotatable bonds is 8. The highest BCUT2D eigenvalue weighted by Gasteiger charge is 2.47. The van der Waals surface area contributed by atoms with E-state index in [1.807, 2.05) is 0 Å². The molecule has 2 saturated carbocycles. The Labute approximate surface area is 169 Å².